The summed E-state index contributed by atoms with van der Waals surface area (Å²) in [5.41, 5.74) is 3.73. The van der Waals surface area contributed by atoms with Gasteiger partial charge in [0.05, 0.1) is 11.3 Å². The van der Waals surface area contributed by atoms with Crippen molar-refractivity contribution in [1.82, 2.24) is 19.4 Å². The first kappa shape index (κ1) is 28.8. The zero-order chi connectivity index (χ0) is 28.9. The van der Waals surface area contributed by atoms with Gasteiger partial charge in [0.1, 0.15) is 5.82 Å². The summed E-state index contributed by atoms with van der Waals surface area (Å²) >= 11 is 1.29. The van der Waals surface area contributed by atoms with Crippen LogP contribution in [0.5, 0.6) is 0 Å². The lowest BCUT2D eigenvalue weighted by Crippen LogP contribution is -2.51. The van der Waals surface area contributed by atoms with Crippen LogP contribution in [-0.4, -0.2) is 56.7 Å². The Bertz CT molecular complexity index is 1510. The number of benzene rings is 3. The molecule has 0 bridgehead atoms. The van der Waals surface area contributed by atoms with Crippen LogP contribution in [0, 0.1) is 12.7 Å². The fraction of sp³-hybridized carbons (Fsp3) is 0.303. The minimum atomic E-state index is -0.407. The molecule has 1 aromatic heterocycles. The van der Waals surface area contributed by atoms with E-state index in [0.29, 0.717) is 35.1 Å². The van der Waals surface area contributed by atoms with Crippen LogP contribution < -0.4 is 5.56 Å². The number of aryl methyl sites for hydroxylation is 1. The summed E-state index contributed by atoms with van der Waals surface area (Å²) in [5.74, 6) is -0.307. The number of hydrogen-bond acceptors (Lipinski definition) is 5. The summed E-state index contributed by atoms with van der Waals surface area (Å²) in [7, 11) is 1.66. The van der Waals surface area contributed by atoms with Crippen LogP contribution >= 0.6 is 11.8 Å². The topological polar surface area (TPSA) is 58.4 Å². The number of carbonyl (C=O) groups excluding carboxylic acids is 1. The summed E-state index contributed by atoms with van der Waals surface area (Å²) in [5, 5.41) is 0.0769. The van der Waals surface area contributed by atoms with E-state index in [9.17, 15) is 14.0 Å². The average molecular weight is 571 g/mol. The molecule has 5 rings (SSSR count). The van der Waals surface area contributed by atoms with Crippen molar-refractivity contribution in [1.29, 1.82) is 0 Å². The number of aromatic nitrogens is 2. The number of amides is 1. The summed E-state index contributed by atoms with van der Waals surface area (Å²) in [6, 6.07) is 27.6. The van der Waals surface area contributed by atoms with Gasteiger partial charge in [-0.1, -0.05) is 90.6 Å². The molecule has 1 saturated heterocycles. The Labute approximate surface area is 244 Å². The third-order valence-electron chi connectivity index (χ3n) is 7.73. The predicted octanol–water partition coefficient (Wildman–Crippen LogP) is 5.23. The number of thioether (sulfide) groups is 1. The normalized spacial score (nSPS) is 14.8. The molecule has 1 aliphatic rings. The summed E-state index contributed by atoms with van der Waals surface area (Å²) in [6.07, 6.45) is 0.175. The maximum Gasteiger partial charge on any atom is 0.257 e. The van der Waals surface area contributed by atoms with E-state index in [4.69, 9.17) is 0 Å². The van der Waals surface area contributed by atoms with Gasteiger partial charge in [0, 0.05) is 50.9 Å². The Morgan fingerprint density at radius 2 is 1.46 bits per heavy atom. The lowest BCUT2D eigenvalue weighted by Gasteiger charge is -2.40. The van der Waals surface area contributed by atoms with Crippen LogP contribution in [0.3, 0.4) is 0 Å². The third kappa shape index (κ3) is 6.44. The predicted molar refractivity (Wildman–Crippen MR) is 162 cm³/mol. The van der Waals surface area contributed by atoms with Gasteiger partial charge >= 0.3 is 0 Å². The fourth-order valence-electron chi connectivity index (χ4n) is 5.42. The number of hydrogen-bond donors (Lipinski definition) is 0. The van der Waals surface area contributed by atoms with Crippen LogP contribution in [0.4, 0.5) is 4.39 Å². The fourth-order valence-corrected chi connectivity index (χ4v) is 6.42. The molecule has 1 fully saturated rings. The van der Waals surface area contributed by atoms with E-state index in [0.717, 1.165) is 13.1 Å². The minimum absolute atomic E-state index is 0.0351. The second kappa shape index (κ2) is 12.8. The number of halogens is 1. The lowest BCUT2D eigenvalue weighted by atomic mass is 9.96. The molecule has 0 aliphatic carbocycles. The highest BCUT2D eigenvalue weighted by Gasteiger charge is 2.30. The third-order valence-corrected chi connectivity index (χ3v) is 8.86. The second-order valence-corrected chi connectivity index (χ2v) is 11.7. The highest BCUT2D eigenvalue weighted by molar-refractivity contribution is 8.00. The van der Waals surface area contributed by atoms with Crippen LogP contribution in [0.2, 0.25) is 0 Å². The number of piperazine rings is 1. The SMILES string of the molecule is Cc1nc(SC(C)C(=O)N2CCN(C(c3ccccc3)c3ccccc3)CC2)n(C)c(=O)c1Cc1ccccc1F. The maximum atomic E-state index is 14.2. The van der Waals surface area contributed by atoms with E-state index in [1.807, 2.05) is 24.0 Å². The molecule has 6 nitrogen and oxygen atoms in total. The highest BCUT2D eigenvalue weighted by atomic mass is 32.2. The van der Waals surface area contributed by atoms with Gasteiger partial charge in [-0.25, -0.2) is 9.37 Å². The van der Waals surface area contributed by atoms with Crippen molar-refractivity contribution < 1.29 is 9.18 Å². The number of carbonyl (C=O) groups is 1. The van der Waals surface area contributed by atoms with E-state index in [1.165, 1.54) is 33.5 Å². The average Bonchev–Trinajstić information content (AvgIpc) is 3.00. The lowest BCUT2D eigenvalue weighted by molar-refractivity contribution is -0.132. The van der Waals surface area contributed by atoms with E-state index in [2.05, 4.69) is 58.4 Å². The number of rotatable bonds is 8. The van der Waals surface area contributed by atoms with Crippen LogP contribution in [0.15, 0.2) is 94.9 Å². The first-order chi connectivity index (χ1) is 19.8. The molecule has 0 spiro atoms. The van der Waals surface area contributed by atoms with Gasteiger partial charge < -0.3 is 4.90 Å². The van der Waals surface area contributed by atoms with E-state index in [-0.39, 0.29) is 29.7 Å². The molecule has 1 atom stereocenters. The van der Waals surface area contributed by atoms with Crippen molar-refractivity contribution in [3.8, 4) is 0 Å². The maximum absolute atomic E-state index is 14.2. The summed E-state index contributed by atoms with van der Waals surface area (Å²) < 4.78 is 15.7. The van der Waals surface area contributed by atoms with Gasteiger partial charge in [0.15, 0.2) is 5.16 Å². The monoisotopic (exact) mass is 570 g/mol. The van der Waals surface area contributed by atoms with Gasteiger partial charge in [-0.15, -0.1) is 0 Å². The van der Waals surface area contributed by atoms with Crippen molar-refractivity contribution in [2.45, 2.75) is 36.7 Å². The molecule has 212 valence electrons. The van der Waals surface area contributed by atoms with Crippen LogP contribution in [0.25, 0.3) is 0 Å². The number of nitrogens with zero attached hydrogens (tertiary/aromatic N) is 4. The molecule has 41 heavy (non-hydrogen) atoms. The van der Waals surface area contributed by atoms with Crippen molar-refractivity contribution in [2.75, 3.05) is 26.2 Å². The standard InChI is InChI=1S/C33H35FN4O2S/c1-23-28(22-27-16-10-11-17-29(27)34)32(40)36(3)33(35-23)41-24(2)31(39)38-20-18-37(19-21-38)30(25-12-6-4-7-13-25)26-14-8-5-9-15-26/h4-17,24,30H,18-22H2,1-3H3. The van der Waals surface area contributed by atoms with Gasteiger partial charge in [0.2, 0.25) is 5.91 Å². The largest absolute Gasteiger partial charge is 0.339 e. The van der Waals surface area contributed by atoms with E-state index < -0.39 is 5.25 Å². The molecular weight excluding hydrogens is 535 g/mol. The highest BCUT2D eigenvalue weighted by Crippen LogP contribution is 2.30. The molecular formula is C33H35FN4O2S. The molecule has 4 aromatic rings. The van der Waals surface area contributed by atoms with Gasteiger partial charge in [-0.05, 0) is 36.6 Å². The molecule has 8 heteroatoms. The van der Waals surface area contributed by atoms with Crippen molar-refractivity contribution in [3.05, 3.63) is 129 Å². The smallest absolute Gasteiger partial charge is 0.257 e. The summed E-state index contributed by atoms with van der Waals surface area (Å²) in [6.45, 7) is 6.42. The summed E-state index contributed by atoms with van der Waals surface area (Å²) in [4.78, 5) is 35.7. The minimum Gasteiger partial charge on any atom is -0.339 e. The first-order valence-corrected chi connectivity index (χ1v) is 14.8. The molecule has 3 aromatic carbocycles. The first-order valence-electron chi connectivity index (χ1n) is 13.9. The molecule has 2 heterocycles. The second-order valence-electron chi connectivity index (χ2n) is 10.4. The molecule has 0 radical (unpaired) electrons. The van der Waals surface area contributed by atoms with Crippen molar-refractivity contribution in [3.63, 3.8) is 0 Å². The Kier molecular flexibility index (Phi) is 9.00. The molecule has 0 saturated carbocycles. The quantitative estimate of drug-likeness (QED) is 0.214. The molecule has 1 amide bonds. The van der Waals surface area contributed by atoms with Gasteiger partial charge in [-0.2, -0.15) is 0 Å². The zero-order valence-electron chi connectivity index (χ0n) is 23.7. The Hall–Kier alpha value is -3.75. The van der Waals surface area contributed by atoms with Crippen LogP contribution in [-0.2, 0) is 18.3 Å². The van der Waals surface area contributed by atoms with Crippen LogP contribution in [0.1, 0.15) is 40.9 Å². The Balaban J connectivity index is 1.26. The van der Waals surface area contributed by atoms with E-state index in [1.54, 1.807) is 32.2 Å². The van der Waals surface area contributed by atoms with Crippen molar-refractivity contribution >= 4 is 17.7 Å². The molecule has 0 N–H and O–H groups in total. The van der Waals surface area contributed by atoms with Gasteiger partial charge in [-0.3, -0.25) is 19.1 Å². The van der Waals surface area contributed by atoms with Gasteiger partial charge in [0.25, 0.3) is 5.56 Å². The molecule has 1 aliphatic heterocycles. The Morgan fingerprint density at radius 1 is 0.902 bits per heavy atom. The zero-order valence-corrected chi connectivity index (χ0v) is 24.5. The molecule has 1 unspecified atom stereocenters. The Morgan fingerprint density at radius 3 is 2.05 bits per heavy atom. The van der Waals surface area contributed by atoms with E-state index >= 15 is 0 Å². The van der Waals surface area contributed by atoms with Crippen molar-refractivity contribution in [2.24, 2.45) is 7.05 Å².